The molecule has 0 radical (unpaired) electrons. The second-order valence-corrected chi connectivity index (χ2v) is 10.7. The van der Waals surface area contributed by atoms with Crippen LogP contribution in [0.25, 0.3) is 33.2 Å². The van der Waals surface area contributed by atoms with Crippen molar-refractivity contribution in [3.8, 4) is 11.4 Å². The van der Waals surface area contributed by atoms with Gasteiger partial charge in [-0.25, -0.2) is 0 Å². The van der Waals surface area contributed by atoms with E-state index < -0.39 is 8.40 Å². The molecule has 0 fully saturated rings. The van der Waals surface area contributed by atoms with Gasteiger partial charge in [0.25, 0.3) is 0 Å². The van der Waals surface area contributed by atoms with E-state index in [4.69, 9.17) is 0 Å². The zero-order chi connectivity index (χ0) is 17.3. The summed E-state index contributed by atoms with van der Waals surface area (Å²) >= 11 is 0. The maximum atomic E-state index is 2.64. The fourth-order valence-electron chi connectivity index (χ4n) is 4.74. The van der Waals surface area contributed by atoms with Crippen LogP contribution in [0.2, 0.25) is 6.55 Å². The van der Waals surface area contributed by atoms with Gasteiger partial charge in [0, 0.05) is 11.0 Å². The lowest BCUT2D eigenvalue weighted by Crippen LogP contribution is -2.56. The molecule has 0 aliphatic carbocycles. The third kappa shape index (κ3) is 1.57. The van der Waals surface area contributed by atoms with Crippen LogP contribution in [-0.4, -0.2) is 16.9 Å². The number of benzene rings is 3. The zero-order valence-electron chi connectivity index (χ0n) is 14.6. The van der Waals surface area contributed by atoms with Crippen molar-refractivity contribution in [1.29, 1.82) is 0 Å². The van der Waals surface area contributed by atoms with Gasteiger partial charge in [-0.15, -0.1) is 0 Å². The van der Waals surface area contributed by atoms with E-state index in [-0.39, 0.29) is 0 Å². The van der Waals surface area contributed by atoms with Crippen molar-refractivity contribution in [2.45, 2.75) is 6.55 Å². The zero-order valence-corrected chi connectivity index (χ0v) is 15.6. The lowest BCUT2D eigenvalue weighted by Gasteiger charge is -2.29. The number of aromatic nitrogens is 2. The van der Waals surface area contributed by atoms with Crippen molar-refractivity contribution < 1.29 is 0 Å². The first-order valence-electron chi connectivity index (χ1n) is 9.06. The van der Waals surface area contributed by atoms with Gasteiger partial charge in [0.15, 0.2) is 0 Å². The molecule has 5 aromatic rings. The van der Waals surface area contributed by atoms with Crippen LogP contribution in [0, 0.1) is 0 Å². The lowest BCUT2D eigenvalue weighted by molar-refractivity contribution is 1.18. The van der Waals surface area contributed by atoms with E-state index in [1.54, 1.807) is 0 Å². The average Bonchev–Trinajstić information content (AvgIpc) is 3.32. The van der Waals surface area contributed by atoms with Crippen LogP contribution in [0.15, 0.2) is 91.0 Å². The van der Waals surface area contributed by atoms with Crippen LogP contribution < -0.4 is 5.19 Å². The topological polar surface area (TPSA) is 9.86 Å². The van der Waals surface area contributed by atoms with Crippen LogP contribution in [0.5, 0.6) is 0 Å². The predicted molar refractivity (Wildman–Crippen MR) is 111 cm³/mol. The van der Waals surface area contributed by atoms with Crippen molar-refractivity contribution in [3.63, 3.8) is 0 Å². The van der Waals surface area contributed by atoms with E-state index in [1.165, 1.54) is 38.4 Å². The highest BCUT2D eigenvalue weighted by atomic mass is 28.3. The molecule has 0 unspecified atom stereocenters. The van der Waals surface area contributed by atoms with Gasteiger partial charge in [0.05, 0.1) is 11.4 Å². The third-order valence-electron chi connectivity index (χ3n) is 5.88. The van der Waals surface area contributed by atoms with Gasteiger partial charge >= 0.3 is 8.40 Å². The summed E-state index contributed by atoms with van der Waals surface area (Å²) in [6.07, 6.45) is 0. The van der Waals surface area contributed by atoms with Gasteiger partial charge in [-0.2, -0.15) is 0 Å². The SMILES string of the molecule is C[Si]1(c2ccccc2)n2c(cc3ccccc32)-c2cc3ccccc3n21. The second-order valence-electron chi connectivity index (χ2n) is 7.23. The van der Waals surface area contributed by atoms with Crippen molar-refractivity contribution in [1.82, 2.24) is 8.47 Å². The van der Waals surface area contributed by atoms with Crippen LogP contribution >= 0.6 is 0 Å². The first-order valence-corrected chi connectivity index (χ1v) is 11.5. The highest BCUT2D eigenvalue weighted by molar-refractivity contribution is 6.91. The molecule has 3 heterocycles. The molecule has 0 atom stereocenters. The summed E-state index contributed by atoms with van der Waals surface area (Å²) in [5.74, 6) is 0. The van der Waals surface area contributed by atoms with E-state index in [0.717, 1.165) is 0 Å². The minimum absolute atomic E-state index is 1.33. The molecular formula is C23H18N2Si. The summed E-state index contributed by atoms with van der Waals surface area (Å²) in [6, 6.07) is 33.3. The molecule has 0 saturated heterocycles. The van der Waals surface area contributed by atoms with Crippen LogP contribution in [0.1, 0.15) is 0 Å². The molecular weight excluding hydrogens is 332 g/mol. The van der Waals surface area contributed by atoms with Crippen molar-refractivity contribution in [2.24, 2.45) is 0 Å². The van der Waals surface area contributed by atoms with E-state index in [0.29, 0.717) is 0 Å². The fraction of sp³-hybridized carbons (Fsp3) is 0.0435. The summed E-state index contributed by atoms with van der Waals surface area (Å²) in [7, 11) is -2.19. The normalized spacial score (nSPS) is 14.7. The van der Waals surface area contributed by atoms with Crippen molar-refractivity contribution >= 4 is 35.4 Å². The first-order chi connectivity index (χ1) is 12.8. The maximum Gasteiger partial charge on any atom is 0.303 e. The summed E-state index contributed by atoms with van der Waals surface area (Å²) < 4.78 is 5.28. The molecule has 3 aromatic carbocycles. The Morgan fingerprint density at radius 1 is 0.577 bits per heavy atom. The number of nitrogens with zero attached hydrogens (tertiary/aromatic N) is 2. The molecule has 0 spiro atoms. The number of rotatable bonds is 1. The van der Waals surface area contributed by atoms with Crippen molar-refractivity contribution in [3.05, 3.63) is 91.0 Å². The van der Waals surface area contributed by atoms with E-state index in [1.807, 2.05) is 0 Å². The van der Waals surface area contributed by atoms with E-state index in [9.17, 15) is 0 Å². The van der Waals surface area contributed by atoms with Crippen molar-refractivity contribution in [2.75, 3.05) is 0 Å². The van der Waals surface area contributed by atoms with Crippen LogP contribution in [0.3, 0.4) is 0 Å². The van der Waals surface area contributed by atoms with E-state index in [2.05, 4.69) is 106 Å². The quantitative estimate of drug-likeness (QED) is 0.379. The summed E-state index contributed by atoms with van der Waals surface area (Å²) in [5, 5.41) is 4.09. The maximum absolute atomic E-state index is 2.64. The van der Waals surface area contributed by atoms with Gasteiger partial charge in [-0.1, -0.05) is 66.7 Å². The number of fused-ring (bicyclic) bond motifs is 7. The fourth-order valence-corrected chi connectivity index (χ4v) is 8.92. The largest absolute Gasteiger partial charge is 0.345 e. The highest BCUT2D eigenvalue weighted by Gasteiger charge is 2.45. The highest BCUT2D eigenvalue weighted by Crippen LogP contribution is 2.42. The van der Waals surface area contributed by atoms with Gasteiger partial charge in [0.2, 0.25) is 0 Å². The number of para-hydroxylation sites is 2. The molecule has 26 heavy (non-hydrogen) atoms. The molecule has 0 saturated carbocycles. The van der Waals surface area contributed by atoms with Gasteiger partial charge in [-0.3, -0.25) is 0 Å². The summed E-state index contributed by atoms with van der Waals surface area (Å²) in [6.45, 7) is 2.47. The monoisotopic (exact) mass is 350 g/mol. The Morgan fingerprint density at radius 3 is 1.58 bits per heavy atom. The molecule has 0 N–H and O–H groups in total. The predicted octanol–water partition coefficient (Wildman–Crippen LogP) is 4.95. The molecule has 3 heteroatoms. The first kappa shape index (κ1) is 14.2. The Kier molecular flexibility index (Phi) is 2.60. The number of hydrogen-bond donors (Lipinski definition) is 0. The molecule has 124 valence electrons. The minimum atomic E-state index is -2.19. The van der Waals surface area contributed by atoms with Crippen LogP contribution in [-0.2, 0) is 0 Å². The third-order valence-corrected chi connectivity index (χ3v) is 10.0. The standard InChI is InChI=1S/C23H18N2Si/c1-26(19-11-3-2-4-12-19)24-20-13-7-5-9-17(20)15-22(24)23-16-18-10-6-8-14-21(18)25(23)26/h2-16H,1H3. The van der Waals surface area contributed by atoms with Crippen LogP contribution in [0.4, 0.5) is 0 Å². The molecule has 2 aromatic heterocycles. The Hall–Kier alpha value is -3.04. The lowest BCUT2D eigenvalue weighted by atomic mass is 10.2. The molecule has 1 aliphatic heterocycles. The summed E-state index contributed by atoms with van der Waals surface area (Å²) in [5.41, 5.74) is 5.38. The molecule has 6 rings (SSSR count). The van der Waals surface area contributed by atoms with Gasteiger partial charge in [0.1, 0.15) is 0 Å². The minimum Gasteiger partial charge on any atom is -0.345 e. The summed E-state index contributed by atoms with van der Waals surface area (Å²) in [4.78, 5) is 0. The van der Waals surface area contributed by atoms with Gasteiger partial charge in [-0.05, 0) is 46.8 Å². The van der Waals surface area contributed by atoms with E-state index >= 15 is 0 Å². The molecule has 0 amide bonds. The smallest absolute Gasteiger partial charge is 0.303 e. The Bertz CT molecular complexity index is 1210. The average molecular weight is 350 g/mol. The Morgan fingerprint density at radius 2 is 1.04 bits per heavy atom. The molecule has 1 aliphatic rings. The Labute approximate surface area is 153 Å². The Balaban J connectivity index is 1.84. The molecule has 0 bridgehead atoms. The van der Waals surface area contributed by atoms with Gasteiger partial charge < -0.3 is 8.47 Å². The second kappa shape index (κ2) is 4.77. The number of hydrogen-bond acceptors (Lipinski definition) is 0. The molecule has 2 nitrogen and oxygen atoms in total.